The number of nitrogens with zero attached hydrogens (tertiary/aromatic N) is 1. The smallest absolute Gasteiger partial charge is 0.253 e. The molecule has 2 aromatic carbocycles. The lowest BCUT2D eigenvalue weighted by molar-refractivity contribution is -0.129. The Morgan fingerprint density at radius 2 is 1.85 bits per heavy atom. The van der Waals surface area contributed by atoms with E-state index in [4.69, 9.17) is 11.6 Å². The number of carbonyl (C=O) groups is 1. The topological polar surface area (TPSA) is 53.2 Å². The van der Waals surface area contributed by atoms with Crippen LogP contribution in [0.1, 0.15) is 22.3 Å². The van der Waals surface area contributed by atoms with Crippen molar-refractivity contribution in [1.29, 1.82) is 0 Å². The fourth-order valence-corrected chi connectivity index (χ4v) is 3.35. The van der Waals surface area contributed by atoms with Crippen molar-refractivity contribution in [2.24, 2.45) is 0 Å². The lowest BCUT2D eigenvalue weighted by Gasteiger charge is -2.22. The molecule has 140 valence electrons. The minimum absolute atomic E-state index is 0.0986. The third-order valence-corrected chi connectivity index (χ3v) is 5.20. The highest BCUT2D eigenvalue weighted by Gasteiger charge is 2.16. The van der Waals surface area contributed by atoms with Crippen LogP contribution < -0.4 is 5.56 Å². The number of halogens is 1. The highest BCUT2D eigenvalue weighted by molar-refractivity contribution is 6.27. The molecule has 0 atom stereocenters. The van der Waals surface area contributed by atoms with Crippen LogP contribution in [0.15, 0.2) is 53.3 Å². The SMILES string of the molecule is Cc1ccc2cc(CN(CCc3ccccc3)C(=O)CCl)c(=O)[nH]c2c1C. The Labute approximate surface area is 163 Å². The van der Waals surface area contributed by atoms with Gasteiger partial charge in [-0.15, -0.1) is 11.6 Å². The first-order chi connectivity index (χ1) is 13.0. The molecule has 1 amide bonds. The summed E-state index contributed by atoms with van der Waals surface area (Å²) in [6.45, 7) is 4.78. The molecule has 0 aliphatic carbocycles. The van der Waals surface area contributed by atoms with Gasteiger partial charge in [0.25, 0.3) is 5.56 Å². The normalized spacial score (nSPS) is 10.9. The Bertz CT molecular complexity index is 1010. The van der Waals surface area contributed by atoms with E-state index in [2.05, 4.69) is 4.98 Å². The standard InChI is InChI=1S/C22H23ClN2O2/c1-15-8-9-18-12-19(22(27)24-21(18)16(15)2)14-25(20(26)13-23)11-10-17-6-4-3-5-7-17/h3-9,12H,10-11,13-14H2,1-2H3,(H,24,27). The van der Waals surface area contributed by atoms with Gasteiger partial charge in [0.05, 0.1) is 12.1 Å². The predicted octanol–water partition coefficient (Wildman–Crippen LogP) is 3.96. The Hall–Kier alpha value is -2.59. The minimum atomic E-state index is -0.174. The molecule has 0 unspecified atom stereocenters. The Morgan fingerprint density at radius 1 is 1.11 bits per heavy atom. The van der Waals surface area contributed by atoms with Gasteiger partial charge in [0.15, 0.2) is 0 Å². The molecule has 4 nitrogen and oxygen atoms in total. The van der Waals surface area contributed by atoms with Crippen molar-refractivity contribution in [2.75, 3.05) is 12.4 Å². The van der Waals surface area contributed by atoms with Gasteiger partial charge in [-0.05, 0) is 48.4 Å². The lowest BCUT2D eigenvalue weighted by atomic mass is 10.0. The number of hydrogen-bond donors (Lipinski definition) is 1. The van der Waals surface area contributed by atoms with Crippen molar-refractivity contribution in [3.8, 4) is 0 Å². The molecule has 5 heteroatoms. The molecule has 0 bridgehead atoms. The molecule has 1 aromatic heterocycles. The first-order valence-corrected chi connectivity index (χ1v) is 9.53. The van der Waals surface area contributed by atoms with Crippen LogP contribution in [0.3, 0.4) is 0 Å². The van der Waals surface area contributed by atoms with Crippen molar-refractivity contribution >= 4 is 28.4 Å². The molecule has 0 fully saturated rings. The number of hydrogen-bond acceptors (Lipinski definition) is 2. The molecule has 3 aromatic rings. The second-order valence-electron chi connectivity index (χ2n) is 6.78. The summed E-state index contributed by atoms with van der Waals surface area (Å²) in [6, 6.07) is 15.9. The second-order valence-corrected chi connectivity index (χ2v) is 7.05. The first-order valence-electron chi connectivity index (χ1n) is 8.99. The first kappa shape index (κ1) is 19.2. The summed E-state index contributed by atoms with van der Waals surface area (Å²) in [5.41, 5.74) is 4.59. The van der Waals surface area contributed by atoms with Crippen LogP contribution in [0.5, 0.6) is 0 Å². The number of pyridine rings is 1. The van der Waals surface area contributed by atoms with E-state index in [0.717, 1.165) is 27.6 Å². The molecular formula is C22H23ClN2O2. The van der Waals surface area contributed by atoms with Gasteiger partial charge in [0, 0.05) is 12.1 Å². The second kappa shape index (κ2) is 8.40. The summed E-state index contributed by atoms with van der Waals surface area (Å²) in [4.78, 5) is 29.5. The van der Waals surface area contributed by atoms with Gasteiger partial charge in [-0.3, -0.25) is 9.59 Å². The summed E-state index contributed by atoms with van der Waals surface area (Å²) in [5.74, 6) is -0.273. The zero-order chi connectivity index (χ0) is 19.4. The number of alkyl halides is 1. The molecule has 0 saturated carbocycles. The zero-order valence-corrected chi connectivity index (χ0v) is 16.3. The third kappa shape index (κ3) is 4.40. The number of aromatic amines is 1. The average Bonchev–Trinajstić information content (AvgIpc) is 2.69. The van der Waals surface area contributed by atoms with E-state index in [1.54, 1.807) is 4.90 Å². The van der Waals surface area contributed by atoms with E-state index in [-0.39, 0.29) is 23.9 Å². The summed E-state index contributed by atoms with van der Waals surface area (Å²) < 4.78 is 0. The molecule has 0 aliphatic heterocycles. The molecule has 3 rings (SSSR count). The van der Waals surface area contributed by atoms with Gasteiger partial charge in [-0.25, -0.2) is 0 Å². The maximum Gasteiger partial charge on any atom is 0.253 e. The molecule has 0 saturated heterocycles. The number of aryl methyl sites for hydroxylation is 2. The molecular weight excluding hydrogens is 360 g/mol. The highest BCUT2D eigenvalue weighted by Crippen LogP contribution is 2.19. The Morgan fingerprint density at radius 3 is 2.56 bits per heavy atom. The van der Waals surface area contributed by atoms with E-state index in [1.807, 2.05) is 62.4 Å². The van der Waals surface area contributed by atoms with Crippen molar-refractivity contribution in [3.63, 3.8) is 0 Å². The average molecular weight is 383 g/mol. The van der Waals surface area contributed by atoms with Gasteiger partial charge in [-0.2, -0.15) is 0 Å². The zero-order valence-electron chi connectivity index (χ0n) is 15.6. The highest BCUT2D eigenvalue weighted by atomic mass is 35.5. The van der Waals surface area contributed by atoms with Gasteiger partial charge >= 0.3 is 0 Å². The van der Waals surface area contributed by atoms with E-state index in [1.165, 1.54) is 0 Å². The number of carbonyl (C=O) groups excluding carboxylic acids is 1. The lowest BCUT2D eigenvalue weighted by Crippen LogP contribution is -2.35. The summed E-state index contributed by atoms with van der Waals surface area (Å²) in [5, 5.41) is 0.967. The van der Waals surface area contributed by atoms with E-state index < -0.39 is 0 Å². The van der Waals surface area contributed by atoms with Gasteiger partial charge in [0.1, 0.15) is 5.88 Å². The van der Waals surface area contributed by atoms with Gasteiger partial charge in [-0.1, -0.05) is 42.5 Å². The number of nitrogens with one attached hydrogen (secondary N) is 1. The van der Waals surface area contributed by atoms with Crippen LogP contribution in [0, 0.1) is 13.8 Å². The summed E-state index contributed by atoms with van der Waals surface area (Å²) >= 11 is 5.79. The predicted molar refractivity (Wildman–Crippen MR) is 110 cm³/mol. The molecule has 1 heterocycles. The molecule has 0 aliphatic rings. The number of benzene rings is 2. The van der Waals surface area contributed by atoms with Crippen molar-refractivity contribution in [1.82, 2.24) is 9.88 Å². The third-order valence-electron chi connectivity index (χ3n) is 4.97. The van der Waals surface area contributed by atoms with Crippen LogP contribution in [0.4, 0.5) is 0 Å². The quantitative estimate of drug-likeness (QED) is 0.656. The maximum atomic E-state index is 12.6. The fourth-order valence-electron chi connectivity index (χ4n) is 3.18. The molecule has 1 N–H and O–H groups in total. The van der Waals surface area contributed by atoms with Crippen LogP contribution in [-0.4, -0.2) is 28.2 Å². The van der Waals surface area contributed by atoms with Crippen LogP contribution in [0.25, 0.3) is 10.9 Å². The van der Waals surface area contributed by atoms with Crippen LogP contribution >= 0.6 is 11.6 Å². The van der Waals surface area contributed by atoms with Crippen LogP contribution in [0.2, 0.25) is 0 Å². The summed E-state index contributed by atoms with van der Waals surface area (Å²) in [7, 11) is 0. The monoisotopic (exact) mass is 382 g/mol. The molecule has 0 spiro atoms. The van der Waals surface area contributed by atoms with Crippen LogP contribution in [-0.2, 0) is 17.8 Å². The van der Waals surface area contributed by atoms with Crippen molar-refractivity contribution in [2.45, 2.75) is 26.8 Å². The Kier molecular flexibility index (Phi) is 5.97. The minimum Gasteiger partial charge on any atom is -0.337 e. The maximum absolute atomic E-state index is 12.6. The fraction of sp³-hybridized carbons (Fsp3) is 0.273. The molecule has 0 radical (unpaired) electrons. The van der Waals surface area contributed by atoms with E-state index in [9.17, 15) is 9.59 Å². The largest absolute Gasteiger partial charge is 0.337 e. The number of fused-ring (bicyclic) bond motifs is 1. The van der Waals surface area contributed by atoms with Crippen molar-refractivity contribution < 1.29 is 4.79 Å². The summed E-state index contributed by atoms with van der Waals surface area (Å²) in [6.07, 6.45) is 0.716. The Balaban J connectivity index is 1.87. The number of amides is 1. The van der Waals surface area contributed by atoms with E-state index in [0.29, 0.717) is 18.5 Å². The van der Waals surface area contributed by atoms with Gasteiger partial charge < -0.3 is 9.88 Å². The van der Waals surface area contributed by atoms with Gasteiger partial charge in [0.2, 0.25) is 5.91 Å². The number of H-pyrrole nitrogens is 1. The molecule has 27 heavy (non-hydrogen) atoms. The van der Waals surface area contributed by atoms with E-state index >= 15 is 0 Å². The van der Waals surface area contributed by atoms with Crippen molar-refractivity contribution in [3.05, 3.63) is 81.1 Å². The number of aromatic nitrogens is 1. The number of rotatable bonds is 6.